The van der Waals surface area contributed by atoms with Gasteiger partial charge in [-0.15, -0.1) is 11.8 Å². The minimum Gasteiger partial charge on any atom is -0.462 e. The molecule has 3 amide bonds. The number of thioether (sulfide) groups is 1. The predicted octanol–water partition coefficient (Wildman–Crippen LogP) is 7.09. The summed E-state index contributed by atoms with van der Waals surface area (Å²) in [5, 5.41) is 8.12. The average molecular weight is 622 g/mol. The number of nitrogens with one attached hydrogen (secondary N) is 3. The SMILES string of the molecule is CCOC(=O)c1ccc(NC(=O)C(CC)Sc2cccc(NC(=O)/C(=C/c3ccc(C)cc3)NC(=O)c3ccccc3)c2)cc1. The largest absolute Gasteiger partial charge is 0.462 e. The van der Waals surface area contributed by atoms with Gasteiger partial charge in [0, 0.05) is 21.8 Å². The Morgan fingerprint density at radius 1 is 0.778 bits per heavy atom. The van der Waals surface area contributed by atoms with E-state index in [0.29, 0.717) is 28.9 Å². The van der Waals surface area contributed by atoms with Crippen LogP contribution in [0.25, 0.3) is 6.08 Å². The summed E-state index contributed by atoms with van der Waals surface area (Å²) < 4.78 is 5.01. The second-order valence-corrected chi connectivity index (χ2v) is 11.3. The van der Waals surface area contributed by atoms with Crippen molar-refractivity contribution in [3.63, 3.8) is 0 Å². The van der Waals surface area contributed by atoms with Gasteiger partial charge in [-0.1, -0.05) is 61.0 Å². The molecule has 9 heteroatoms. The van der Waals surface area contributed by atoms with Crippen LogP contribution in [0.3, 0.4) is 0 Å². The lowest BCUT2D eigenvalue weighted by Crippen LogP contribution is -2.30. The number of esters is 1. The number of ether oxygens (including phenoxy) is 1. The zero-order valence-electron chi connectivity index (χ0n) is 25.3. The molecule has 0 saturated carbocycles. The molecule has 4 aromatic rings. The minimum absolute atomic E-state index is 0.0885. The number of carbonyl (C=O) groups is 4. The van der Waals surface area contributed by atoms with Gasteiger partial charge in [-0.2, -0.15) is 0 Å². The fourth-order valence-corrected chi connectivity index (χ4v) is 5.24. The first-order chi connectivity index (χ1) is 21.7. The highest BCUT2D eigenvalue weighted by atomic mass is 32.2. The molecule has 0 fully saturated rings. The molecule has 0 bridgehead atoms. The van der Waals surface area contributed by atoms with Crippen molar-refractivity contribution < 1.29 is 23.9 Å². The lowest BCUT2D eigenvalue weighted by molar-refractivity contribution is -0.116. The molecule has 0 aliphatic heterocycles. The molecular formula is C36H35N3O5S. The summed E-state index contributed by atoms with van der Waals surface area (Å²) in [6.45, 7) is 5.92. The van der Waals surface area contributed by atoms with Crippen molar-refractivity contribution in [2.45, 2.75) is 37.3 Å². The van der Waals surface area contributed by atoms with Gasteiger partial charge in [-0.25, -0.2) is 4.79 Å². The van der Waals surface area contributed by atoms with Crippen molar-refractivity contribution in [1.29, 1.82) is 0 Å². The highest BCUT2D eigenvalue weighted by molar-refractivity contribution is 8.00. The van der Waals surface area contributed by atoms with Crippen molar-refractivity contribution in [1.82, 2.24) is 5.32 Å². The summed E-state index contributed by atoms with van der Waals surface area (Å²) in [7, 11) is 0. The molecule has 4 aromatic carbocycles. The molecule has 0 aromatic heterocycles. The Labute approximate surface area is 267 Å². The van der Waals surface area contributed by atoms with E-state index in [1.165, 1.54) is 11.8 Å². The second kappa shape index (κ2) is 16.1. The fourth-order valence-electron chi connectivity index (χ4n) is 4.23. The zero-order valence-corrected chi connectivity index (χ0v) is 26.1. The van der Waals surface area contributed by atoms with Crippen molar-refractivity contribution in [2.75, 3.05) is 17.2 Å². The van der Waals surface area contributed by atoms with Crippen LogP contribution in [0.4, 0.5) is 11.4 Å². The molecule has 230 valence electrons. The third kappa shape index (κ3) is 9.67. The molecular weight excluding hydrogens is 586 g/mol. The number of anilines is 2. The summed E-state index contributed by atoms with van der Waals surface area (Å²) in [4.78, 5) is 52.2. The van der Waals surface area contributed by atoms with Gasteiger partial charge in [0.25, 0.3) is 11.8 Å². The van der Waals surface area contributed by atoms with Crippen LogP contribution in [0.1, 0.15) is 52.1 Å². The number of amides is 3. The van der Waals surface area contributed by atoms with Gasteiger partial charge in [0.05, 0.1) is 17.4 Å². The maximum atomic E-state index is 13.5. The molecule has 0 radical (unpaired) electrons. The van der Waals surface area contributed by atoms with E-state index in [9.17, 15) is 19.2 Å². The van der Waals surface area contributed by atoms with Gasteiger partial charge in [0.1, 0.15) is 5.70 Å². The van der Waals surface area contributed by atoms with E-state index in [4.69, 9.17) is 4.74 Å². The lowest BCUT2D eigenvalue weighted by atomic mass is 10.1. The molecule has 1 atom stereocenters. The average Bonchev–Trinajstić information content (AvgIpc) is 3.05. The molecule has 1 unspecified atom stereocenters. The van der Waals surface area contributed by atoms with Gasteiger partial charge in [-0.05, 0) is 86.5 Å². The summed E-state index contributed by atoms with van der Waals surface area (Å²) in [5.41, 5.74) is 3.84. The Kier molecular flexibility index (Phi) is 11.7. The first-order valence-corrected chi connectivity index (χ1v) is 15.4. The molecule has 0 heterocycles. The van der Waals surface area contributed by atoms with E-state index in [1.807, 2.05) is 50.2 Å². The molecule has 0 saturated heterocycles. The third-order valence-electron chi connectivity index (χ3n) is 6.61. The number of hydrogen-bond donors (Lipinski definition) is 3. The van der Waals surface area contributed by atoms with Crippen LogP contribution in [0, 0.1) is 6.92 Å². The van der Waals surface area contributed by atoms with E-state index >= 15 is 0 Å². The lowest BCUT2D eigenvalue weighted by Gasteiger charge is -2.16. The standard InChI is InChI=1S/C36H35N3O5S/c1-4-32(35(42)37-28-20-18-27(19-21-28)36(43)44-5-2)45-30-13-9-12-29(23-30)38-34(41)31(22-25-16-14-24(3)15-17-25)39-33(40)26-10-7-6-8-11-26/h6-23,32H,4-5H2,1-3H3,(H,37,42)(H,38,41)(H,39,40)/b31-22-. The minimum atomic E-state index is -0.488. The molecule has 0 aliphatic carbocycles. The monoisotopic (exact) mass is 621 g/mol. The first kappa shape index (κ1) is 32.8. The van der Waals surface area contributed by atoms with Crippen molar-refractivity contribution in [3.05, 3.63) is 131 Å². The predicted molar refractivity (Wildman–Crippen MR) is 179 cm³/mol. The van der Waals surface area contributed by atoms with Crippen LogP contribution >= 0.6 is 11.8 Å². The van der Waals surface area contributed by atoms with E-state index in [0.717, 1.165) is 16.0 Å². The van der Waals surface area contributed by atoms with E-state index in [-0.39, 0.29) is 18.2 Å². The summed E-state index contributed by atoms with van der Waals surface area (Å²) in [6, 6.07) is 30.0. The van der Waals surface area contributed by atoms with Gasteiger partial charge in [0.2, 0.25) is 5.91 Å². The highest BCUT2D eigenvalue weighted by Crippen LogP contribution is 2.29. The van der Waals surface area contributed by atoms with E-state index in [1.54, 1.807) is 79.7 Å². The number of benzene rings is 4. The van der Waals surface area contributed by atoms with Crippen LogP contribution < -0.4 is 16.0 Å². The molecule has 8 nitrogen and oxygen atoms in total. The molecule has 4 rings (SSSR count). The number of hydrogen-bond acceptors (Lipinski definition) is 6. The van der Waals surface area contributed by atoms with Crippen LogP contribution in [-0.2, 0) is 14.3 Å². The maximum absolute atomic E-state index is 13.5. The summed E-state index contributed by atoms with van der Waals surface area (Å²) >= 11 is 1.37. The smallest absolute Gasteiger partial charge is 0.338 e. The van der Waals surface area contributed by atoms with Gasteiger partial charge in [0.15, 0.2) is 0 Å². The first-order valence-electron chi connectivity index (χ1n) is 14.6. The fraction of sp³-hybridized carbons (Fsp3) is 0.167. The van der Waals surface area contributed by atoms with Crippen molar-refractivity contribution in [3.8, 4) is 0 Å². The molecule has 45 heavy (non-hydrogen) atoms. The van der Waals surface area contributed by atoms with Crippen molar-refractivity contribution >= 4 is 52.9 Å². The van der Waals surface area contributed by atoms with Crippen LogP contribution in [-0.4, -0.2) is 35.5 Å². The van der Waals surface area contributed by atoms with Gasteiger partial charge in [-0.3, -0.25) is 14.4 Å². The van der Waals surface area contributed by atoms with E-state index in [2.05, 4.69) is 16.0 Å². The van der Waals surface area contributed by atoms with Crippen LogP contribution in [0.2, 0.25) is 0 Å². The number of aryl methyl sites for hydroxylation is 1. The Hall–Kier alpha value is -5.15. The molecule has 0 aliphatic rings. The van der Waals surface area contributed by atoms with Crippen molar-refractivity contribution in [2.24, 2.45) is 0 Å². The number of rotatable bonds is 12. The number of carbonyl (C=O) groups excluding carboxylic acids is 4. The second-order valence-electron chi connectivity index (χ2n) is 10.1. The van der Waals surface area contributed by atoms with Gasteiger partial charge < -0.3 is 20.7 Å². The Morgan fingerprint density at radius 2 is 1.49 bits per heavy atom. The van der Waals surface area contributed by atoms with E-state index < -0.39 is 23.0 Å². The highest BCUT2D eigenvalue weighted by Gasteiger charge is 2.20. The molecule has 3 N–H and O–H groups in total. The molecule has 0 spiro atoms. The Balaban J connectivity index is 1.45. The summed E-state index contributed by atoms with van der Waals surface area (Å²) in [6.07, 6.45) is 2.19. The third-order valence-corrected chi connectivity index (χ3v) is 7.97. The topological polar surface area (TPSA) is 114 Å². The van der Waals surface area contributed by atoms with Gasteiger partial charge >= 0.3 is 5.97 Å². The van der Waals surface area contributed by atoms with Crippen LogP contribution in [0.15, 0.2) is 114 Å². The normalized spacial score (nSPS) is 11.7. The maximum Gasteiger partial charge on any atom is 0.338 e. The Bertz CT molecular complexity index is 1670. The Morgan fingerprint density at radius 3 is 2.16 bits per heavy atom. The quantitative estimate of drug-likeness (QED) is 0.0884. The summed E-state index contributed by atoms with van der Waals surface area (Å²) in [5.74, 6) is -1.49. The van der Waals surface area contributed by atoms with Crippen LogP contribution in [0.5, 0.6) is 0 Å². The zero-order chi connectivity index (χ0) is 32.2.